The lowest BCUT2D eigenvalue weighted by atomic mass is 10.1. The SMILES string of the molecule is Nc1cc2c(cc1[N+](=O)[O-])C(=O)N(N1CCN(CCO)CC1)C2=O. The zero-order valence-corrected chi connectivity index (χ0v) is 12.8. The Labute approximate surface area is 137 Å². The van der Waals surface area contributed by atoms with Gasteiger partial charge in [0, 0.05) is 38.8 Å². The molecular formula is C14H17N5O5. The quantitative estimate of drug-likeness (QED) is 0.319. The van der Waals surface area contributed by atoms with Crippen LogP contribution in [0, 0.1) is 10.1 Å². The summed E-state index contributed by atoms with van der Waals surface area (Å²) < 4.78 is 0. The summed E-state index contributed by atoms with van der Waals surface area (Å²) in [6, 6.07) is 2.25. The molecule has 0 atom stereocenters. The average Bonchev–Trinajstić information content (AvgIpc) is 2.78. The number of aliphatic hydroxyl groups excluding tert-OH is 1. The van der Waals surface area contributed by atoms with Gasteiger partial charge in [-0.15, -0.1) is 0 Å². The summed E-state index contributed by atoms with van der Waals surface area (Å²) in [4.78, 5) is 37.4. The topological polar surface area (TPSA) is 133 Å². The number of hydrazine groups is 1. The second-order valence-corrected chi connectivity index (χ2v) is 5.65. The van der Waals surface area contributed by atoms with Crippen molar-refractivity contribution < 1.29 is 19.6 Å². The number of piperazine rings is 1. The molecule has 0 spiro atoms. The number of nitrogens with zero attached hydrogens (tertiary/aromatic N) is 4. The van der Waals surface area contributed by atoms with Gasteiger partial charge in [-0.2, -0.15) is 0 Å². The number of carbonyl (C=O) groups excluding carboxylic acids is 2. The van der Waals surface area contributed by atoms with Crippen LogP contribution in [0.4, 0.5) is 11.4 Å². The molecule has 128 valence electrons. The number of nitro groups is 1. The zero-order valence-electron chi connectivity index (χ0n) is 12.8. The number of amides is 2. The van der Waals surface area contributed by atoms with Crippen molar-refractivity contribution in [2.75, 3.05) is 45.1 Å². The highest BCUT2D eigenvalue weighted by Crippen LogP contribution is 2.32. The molecule has 2 aliphatic rings. The fourth-order valence-corrected chi connectivity index (χ4v) is 3.00. The first-order chi connectivity index (χ1) is 11.4. The van der Waals surface area contributed by atoms with Crippen molar-refractivity contribution in [3.63, 3.8) is 0 Å². The molecule has 0 saturated carbocycles. The minimum Gasteiger partial charge on any atom is -0.395 e. The molecule has 0 unspecified atom stereocenters. The number of imide groups is 1. The van der Waals surface area contributed by atoms with Gasteiger partial charge in [0.2, 0.25) is 0 Å². The molecule has 2 aliphatic heterocycles. The van der Waals surface area contributed by atoms with Crippen LogP contribution in [-0.4, -0.2) is 76.1 Å². The van der Waals surface area contributed by atoms with E-state index in [1.165, 1.54) is 6.07 Å². The third kappa shape index (κ3) is 2.60. The molecule has 1 aromatic rings. The molecular weight excluding hydrogens is 318 g/mol. The lowest BCUT2D eigenvalue weighted by Crippen LogP contribution is -2.55. The van der Waals surface area contributed by atoms with Crippen LogP contribution >= 0.6 is 0 Å². The second kappa shape index (κ2) is 6.15. The number of fused-ring (bicyclic) bond motifs is 1. The third-order valence-corrected chi connectivity index (χ3v) is 4.26. The van der Waals surface area contributed by atoms with Gasteiger partial charge in [0.25, 0.3) is 17.5 Å². The maximum Gasteiger partial charge on any atom is 0.292 e. The fraction of sp³-hybridized carbons (Fsp3) is 0.429. The summed E-state index contributed by atoms with van der Waals surface area (Å²) in [6.07, 6.45) is 0. The maximum atomic E-state index is 12.5. The average molecular weight is 335 g/mol. The molecule has 2 amide bonds. The number of hydrogen-bond donors (Lipinski definition) is 2. The summed E-state index contributed by atoms with van der Waals surface area (Å²) in [5.74, 6) is -1.10. The molecule has 10 heteroatoms. The van der Waals surface area contributed by atoms with Gasteiger partial charge in [-0.25, -0.2) is 10.0 Å². The van der Waals surface area contributed by atoms with Crippen LogP contribution in [0.1, 0.15) is 20.7 Å². The molecule has 10 nitrogen and oxygen atoms in total. The number of nitrogens with two attached hydrogens (primary N) is 1. The predicted molar refractivity (Wildman–Crippen MR) is 83.1 cm³/mol. The molecule has 0 bridgehead atoms. The first-order valence-corrected chi connectivity index (χ1v) is 7.48. The summed E-state index contributed by atoms with van der Waals surface area (Å²) in [5.41, 5.74) is 5.16. The smallest absolute Gasteiger partial charge is 0.292 e. The van der Waals surface area contributed by atoms with E-state index in [1.807, 2.05) is 4.90 Å². The number of benzene rings is 1. The molecule has 0 aliphatic carbocycles. The maximum absolute atomic E-state index is 12.5. The van der Waals surface area contributed by atoms with E-state index >= 15 is 0 Å². The van der Waals surface area contributed by atoms with Crippen molar-refractivity contribution in [3.8, 4) is 0 Å². The lowest BCUT2D eigenvalue weighted by molar-refractivity contribution is -0.383. The standard InChI is InChI=1S/C14H17N5O5/c15-11-7-9-10(8-12(11)19(23)24)14(22)18(13(9)21)17-3-1-16(2-4-17)5-6-20/h7-8,20H,1-6,15H2. The molecule has 3 N–H and O–H groups in total. The highest BCUT2D eigenvalue weighted by Gasteiger charge is 2.41. The number of aliphatic hydroxyl groups is 1. The van der Waals surface area contributed by atoms with Crippen LogP contribution in [0.15, 0.2) is 12.1 Å². The van der Waals surface area contributed by atoms with E-state index in [9.17, 15) is 19.7 Å². The molecule has 0 radical (unpaired) electrons. The monoisotopic (exact) mass is 335 g/mol. The molecule has 0 aromatic heterocycles. The minimum atomic E-state index is -0.677. The van der Waals surface area contributed by atoms with Crippen molar-refractivity contribution in [2.45, 2.75) is 0 Å². The van der Waals surface area contributed by atoms with Crippen molar-refractivity contribution in [1.29, 1.82) is 0 Å². The molecule has 2 heterocycles. The van der Waals surface area contributed by atoms with E-state index < -0.39 is 16.7 Å². The van der Waals surface area contributed by atoms with Gasteiger partial charge in [-0.3, -0.25) is 24.6 Å². The Kier molecular flexibility index (Phi) is 4.18. The third-order valence-electron chi connectivity index (χ3n) is 4.26. The Morgan fingerprint density at radius 3 is 2.25 bits per heavy atom. The first kappa shape index (κ1) is 16.3. The van der Waals surface area contributed by atoms with Gasteiger partial charge in [0.1, 0.15) is 5.69 Å². The summed E-state index contributed by atoms with van der Waals surface area (Å²) in [7, 11) is 0. The van der Waals surface area contributed by atoms with Crippen molar-refractivity contribution in [3.05, 3.63) is 33.4 Å². The van der Waals surface area contributed by atoms with Crippen molar-refractivity contribution in [2.24, 2.45) is 0 Å². The van der Waals surface area contributed by atoms with Gasteiger partial charge in [-0.05, 0) is 6.07 Å². The number of nitro benzene ring substituents is 1. The largest absolute Gasteiger partial charge is 0.395 e. The van der Waals surface area contributed by atoms with Crippen LogP contribution in [0.2, 0.25) is 0 Å². The molecule has 1 saturated heterocycles. The number of anilines is 1. The Hall–Kier alpha value is -2.56. The van der Waals surface area contributed by atoms with E-state index in [0.717, 1.165) is 11.1 Å². The zero-order chi connectivity index (χ0) is 17.4. The molecule has 1 fully saturated rings. The van der Waals surface area contributed by atoms with E-state index in [1.54, 1.807) is 5.01 Å². The van der Waals surface area contributed by atoms with E-state index in [2.05, 4.69) is 0 Å². The predicted octanol–water partition coefficient (Wildman–Crippen LogP) is -0.702. The number of rotatable bonds is 4. The van der Waals surface area contributed by atoms with Gasteiger partial charge < -0.3 is 10.8 Å². The van der Waals surface area contributed by atoms with Crippen LogP contribution in [0.3, 0.4) is 0 Å². The normalized spacial score (nSPS) is 19.0. The Bertz CT molecular complexity index is 714. The van der Waals surface area contributed by atoms with Crippen molar-refractivity contribution >= 4 is 23.2 Å². The fourth-order valence-electron chi connectivity index (χ4n) is 3.00. The minimum absolute atomic E-state index is 0.00122. The Morgan fingerprint density at radius 2 is 1.71 bits per heavy atom. The number of β-amino-alcohol motifs (C(OH)–C–C–N with tert-alkyl or cyclic N) is 1. The lowest BCUT2D eigenvalue weighted by Gasteiger charge is -2.37. The van der Waals surface area contributed by atoms with Gasteiger partial charge in [-0.1, -0.05) is 0 Å². The summed E-state index contributed by atoms with van der Waals surface area (Å²) >= 11 is 0. The molecule has 24 heavy (non-hydrogen) atoms. The highest BCUT2D eigenvalue weighted by atomic mass is 16.6. The number of hydrogen-bond acceptors (Lipinski definition) is 8. The second-order valence-electron chi connectivity index (χ2n) is 5.65. The van der Waals surface area contributed by atoms with E-state index in [4.69, 9.17) is 10.8 Å². The summed E-state index contributed by atoms with van der Waals surface area (Å²) in [5, 5.41) is 22.6. The van der Waals surface area contributed by atoms with Crippen LogP contribution in [-0.2, 0) is 0 Å². The van der Waals surface area contributed by atoms with Crippen LogP contribution in [0.5, 0.6) is 0 Å². The highest BCUT2D eigenvalue weighted by molar-refractivity contribution is 6.21. The first-order valence-electron chi connectivity index (χ1n) is 7.48. The van der Waals surface area contributed by atoms with Crippen LogP contribution < -0.4 is 5.73 Å². The van der Waals surface area contributed by atoms with Gasteiger partial charge in [0.05, 0.1) is 22.7 Å². The van der Waals surface area contributed by atoms with Crippen molar-refractivity contribution in [1.82, 2.24) is 14.9 Å². The molecule has 3 rings (SSSR count). The number of carbonyl (C=O) groups is 2. The van der Waals surface area contributed by atoms with E-state index in [-0.39, 0.29) is 29.1 Å². The van der Waals surface area contributed by atoms with Crippen LogP contribution in [0.25, 0.3) is 0 Å². The summed E-state index contributed by atoms with van der Waals surface area (Å²) in [6.45, 7) is 2.70. The van der Waals surface area contributed by atoms with Gasteiger partial charge in [0.15, 0.2) is 0 Å². The van der Waals surface area contributed by atoms with E-state index in [0.29, 0.717) is 32.7 Å². The Morgan fingerprint density at radius 1 is 1.12 bits per heavy atom. The van der Waals surface area contributed by atoms with Gasteiger partial charge >= 0.3 is 0 Å². The Balaban J connectivity index is 1.84. The molecule has 1 aromatic carbocycles. The number of nitrogen functional groups attached to an aromatic ring is 1.